The molecule has 1 saturated heterocycles. The van der Waals surface area contributed by atoms with Crippen LogP contribution < -0.4 is 23.7 Å². The van der Waals surface area contributed by atoms with E-state index in [-0.39, 0.29) is 48.1 Å². The SMILES string of the molecule is CCOc1c(OC)cc([N+](=O)[O-])cc1[C@@H]1N(C)C(=O)[C@H](C)N1C(=O)Cc1c(OC)ccc2c1Oc1c(ccc(OC)c1CC(=O)O)C2(C)C. The van der Waals surface area contributed by atoms with Crippen molar-refractivity contribution in [3.05, 3.63) is 74.3 Å². The molecule has 3 aromatic carbocycles. The molecule has 2 heterocycles. The van der Waals surface area contributed by atoms with E-state index in [1.54, 1.807) is 26.0 Å². The summed E-state index contributed by atoms with van der Waals surface area (Å²) in [6.45, 7) is 7.45. The van der Waals surface area contributed by atoms with E-state index in [2.05, 4.69) is 0 Å². The fourth-order valence-electron chi connectivity index (χ4n) is 6.79. The van der Waals surface area contributed by atoms with Crippen molar-refractivity contribution < 1.29 is 48.1 Å². The maximum atomic E-state index is 14.5. The normalized spacial score (nSPS) is 17.5. The number of amides is 2. The van der Waals surface area contributed by atoms with E-state index < -0.39 is 34.4 Å². The van der Waals surface area contributed by atoms with Gasteiger partial charge in [-0.2, -0.15) is 0 Å². The molecule has 2 aliphatic heterocycles. The van der Waals surface area contributed by atoms with Crippen molar-refractivity contribution in [3.63, 3.8) is 0 Å². The summed E-state index contributed by atoms with van der Waals surface area (Å²) in [7, 11) is 5.77. The summed E-state index contributed by atoms with van der Waals surface area (Å²) in [5.41, 5.74) is 1.40. The summed E-state index contributed by atoms with van der Waals surface area (Å²) >= 11 is 0. The molecule has 1 N–H and O–H groups in total. The molecule has 0 radical (unpaired) electrons. The van der Waals surface area contributed by atoms with E-state index in [1.807, 2.05) is 26.0 Å². The van der Waals surface area contributed by atoms with Crippen LogP contribution in [0.2, 0.25) is 0 Å². The van der Waals surface area contributed by atoms with Gasteiger partial charge in [0.25, 0.3) is 5.69 Å². The average Bonchev–Trinajstić information content (AvgIpc) is 3.28. The van der Waals surface area contributed by atoms with Crippen LogP contribution in [0.4, 0.5) is 5.69 Å². The van der Waals surface area contributed by atoms with Crippen LogP contribution in [-0.2, 0) is 32.6 Å². The molecule has 0 bridgehead atoms. The van der Waals surface area contributed by atoms with E-state index in [0.717, 1.165) is 11.1 Å². The quantitative estimate of drug-likeness (QED) is 0.214. The number of nitrogens with zero attached hydrogens (tertiary/aromatic N) is 3. The predicted molar refractivity (Wildman–Crippen MR) is 176 cm³/mol. The molecule has 2 amide bonds. The van der Waals surface area contributed by atoms with E-state index in [4.69, 9.17) is 23.7 Å². The van der Waals surface area contributed by atoms with Gasteiger partial charge in [0.1, 0.15) is 35.2 Å². The van der Waals surface area contributed by atoms with Crippen molar-refractivity contribution in [2.75, 3.05) is 35.0 Å². The van der Waals surface area contributed by atoms with Crippen molar-refractivity contribution in [1.29, 1.82) is 0 Å². The number of nitro benzene ring substituents is 1. The van der Waals surface area contributed by atoms with Gasteiger partial charge >= 0.3 is 5.97 Å². The Morgan fingerprint density at radius 1 is 0.959 bits per heavy atom. The van der Waals surface area contributed by atoms with Gasteiger partial charge in [-0.3, -0.25) is 24.5 Å². The Bertz CT molecular complexity index is 1850. The van der Waals surface area contributed by atoms with Gasteiger partial charge in [-0.25, -0.2) is 0 Å². The van der Waals surface area contributed by atoms with Gasteiger partial charge in [0, 0.05) is 46.3 Å². The van der Waals surface area contributed by atoms with E-state index in [9.17, 15) is 29.6 Å². The third-order valence-electron chi connectivity index (χ3n) is 9.19. The zero-order chi connectivity index (χ0) is 35.9. The molecule has 0 aromatic heterocycles. The molecule has 14 nitrogen and oxygen atoms in total. The molecule has 260 valence electrons. The second-order valence-corrected chi connectivity index (χ2v) is 12.3. The number of likely N-dealkylation sites (N-methyl/N-ethyl adjacent to an activating group) is 1. The summed E-state index contributed by atoms with van der Waals surface area (Å²) in [5, 5.41) is 21.7. The summed E-state index contributed by atoms with van der Waals surface area (Å²) in [6.07, 6.45) is -1.75. The fourth-order valence-corrected chi connectivity index (χ4v) is 6.79. The van der Waals surface area contributed by atoms with Crippen molar-refractivity contribution in [2.24, 2.45) is 0 Å². The zero-order valence-corrected chi connectivity index (χ0v) is 28.6. The van der Waals surface area contributed by atoms with Crippen LogP contribution in [0.25, 0.3) is 0 Å². The Labute approximate surface area is 283 Å². The molecule has 14 heteroatoms. The smallest absolute Gasteiger partial charge is 0.308 e. The molecule has 2 atom stereocenters. The Hall–Kier alpha value is -5.53. The van der Waals surface area contributed by atoms with Crippen LogP contribution in [0.1, 0.15) is 61.7 Å². The number of ether oxygens (including phenoxy) is 5. The highest BCUT2D eigenvalue weighted by molar-refractivity contribution is 5.93. The number of rotatable bonds is 11. The van der Waals surface area contributed by atoms with E-state index in [0.29, 0.717) is 34.1 Å². The van der Waals surface area contributed by atoms with Crippen molar-refractivity contribution >= 4 is 23.5 Å². The Morgan fingerprint density at radius 3 is 2.00 bits per heavy atom. The van der Waals surface area contributed by atoms with Crippen LogP contribution in [-0.4, -0.2) is 78.6 Å². The standard InChI is InChI=1S/C35H39N3O11/c1-9-48-32-22(14-19(38(43)44)15-27(32)47-8)33-36(5)34(42)18(2)37(33)28(39)16-20-25(45-6)12-10-23-30(20)49-31-21(17-29(40)41)26(46-7)13-11-24(31)35(23,3)4/h10-15,18,33H,9,16-17H2,1-8H3,(H,40,41)/t18-,33+/m0/s1. The number of aliphatic carboxylic acids is 1. The second-order valence-electron chi connectivity index (χ2n) is 12.3. The van der Waals surface area contributed by atoms with Gasteiger partial charge in [-0.15, -0.1) is 0 Å². The monoisotopic (exact) mass is 677 g/mol. The summed E-state index contributed by atoms with van der Waals surface area (Å²) < 4.78 is 29.1. The lowest BCUT2D eigenvalue weighted by molar-refractivity contribution is -0.385. The first-order valence-corrected chi connectivity index (χ1v) is 15.6. The minimum Gasteiger partial charge on any atom is -0.496 e. The largest absolute Gasteiger partial charge is 0.496 e. The molecule has 0 unspecified atom stereocenters. The molecule has 0 aliphatic carbocycles. The molecule has 49 heavy (non-hydrogen) atoms. The maximum absolute atomic E-state index is 14.5. The molecule has 0 saturated carbocycles. The number of hydrogen-bond acceptors (Lipinski definition) is 10. The van der Waals surface area contributed by atoms with Gasteiger partial charge < -0.3 is 38.6 Å². The van der Waals surface area contributed by atoms with Gasteiger partial charge in [0.05, 0.1) is 51.8 Å². The van der Waals surface area contributed by atoms with Crippen molar-refractivity contribution in [2.45, 2.75) is 58.2 Å². The van der Waals surface area contributed by atoms with Gasteiger partial charge in [-0.05, 0) is 26.0 Å². The van der Waals surface area contributed by atoms with E-state index in [1.165, 1.54) is 50.3 Å². The first kappa shape index (κ1) is 34.8. The first-order valence-electron chi connectivity index (χ1n) is 15.6. The third-order valence-corrected chi connectivity index (χ3v) is 9.19. The highest BCUT2D eigenvalue weighted by atomic mass is 16.6. The lowest BCUT2D eigenvalue weighted by Gasteiger charge is -2.37. The number of carboxylic acid groups (broad SMARTS) is 1. The number of fused-ring (bicyclic) bond motifs is 2. The molecule has 0 spiro atoms. The highest BCUT2D eigenvalue weighted by Gasteiger charge is 2.48. The summed E-state index contributed by atoms with van der Waals surface area (Å²) in [6, 6.07) is 8.69. The minimum absolute atomic E-state index is 0.0829. The van der Waals surface area contributed by atoms with Gasteiger partial charge in [0.15, 0.2) is 11.5 Å². The molecule has 5 rings (SSSR count). The maximum Gasteiger partial charge on any atom is 0.308 e. The molecule has 2 aliphatic rings. The number of benzene rings is 3. The Kier molecular flexibility index (Phi) is 9.35. The number of nitro groups is 1. The molecular weight excluding hydrogens is 638 g/mol. The lowest BCUT2D eigenvalue weighted by atomic mass is 9.74. The number of non-ortho nitro benzene ring substituents is 1. The Morgan fingerprint density at radius 2 is 1.51 bits per heavy atom. The van der Waals surface area contributed by atoms with Gasteiger partial charge in [-0.1, -0.05) is 26.0 Å². The van der Waals surface area contributed by atoms with Crippen molar-refractivity contribution in [1.82, 2.24) is 9.80 Å². The minimum atomic E-state index is -1.08. The third kappa shape index (κ3) is 5.80. The average molecular weight is 678 g/mol. The topological polar surface area (TPSA) is 167 Å². The van der Waals surface area contributed by atoms with Crippen LogP contribution in [0.5, 0.6) is 34.5 Å². The molecule has 3 aromatic rings. The molecular formula is C35H39N3O11. The van der Waals surface area contributed by atoms with E-state index >= 15 is 0 Å². The van der Waals surface area contributed by atoms with Crippen LogP contribution in [0.3, 0.4) is 0 Å². The van der Waals surface area contributed by atoms with Crippen LogP contribution >= 0.6 is 0 Å². The predicted octanol–water partition coefficient (Wildman–Crippen LogP) is 5.01. The lowest BCUT2D eigenvalue weighted by Crippen LogP contribution is -2.39. The van der Waals surface area contributed by atoms with Crippen LogP contribution in [0.15, 0.2) is 36.4 Å². The van der Waals surface area contributed by atoms with Gasteiger partial charge in [0.2, 0.25) is 11.8 Å². The summed E-state index contributed by atoms with van der Waals surface area (Å²) in [4.78, 5) is 54.0. The number of carbonyl (C=O) groups is 3. The van der Waals surface area contributed by atoms with Crippen LogP contribution in [0, 0.1) is 10.1 Å². The number of methoxy groups -OCH3 is 3. The summed E-state index contributed by atoms with van der Waals surface area (Å²) in [5.74, 6) is -0.398. The fraction of sp³-hybridized carbons (Fsp3) is 0.400. The second kappa shape index (κ2) is 13.2. The number of carboxylic acids is 1. The first-order chi connectivity index (χ1) is 23.2. The molecule has 1 fully saturated rings. The van der Waals surface area contributed by atoms with Crippen molar-refractivity contribution in [3.8, 4) is 34.5 Å². The zero-order valence-electron chi connectivity index (χ0n) is 28.6. The highest BCUT2D eigenvalue weighted by Crippen LogP contribution is 2.54. The number of carbonyl (C=O) groups excluding carboxylic acids is 2. The Balaban J connectivity index is 1.66. The number of hydrogen-bond donors (Lipinski definition) is 1.